The fourth-order valence-corrected chi connectivity index (χ4v) is 5.71. The van der Waals surface area contributed by atoms with Crippen molar-refractivity contribution in [1.82, 2.24) is 20.5 Å². The van der Waals surface area contributed by atoms with Gasteiger partial charge in [-0.2, -0.15) is 13.2 Å². The smallest absolute Gasteiger partial charge is 0.471 e. The molecule has 6 atom stereocenters. The fourth-order valence-electron chi connectivity index (χ4n) is 5.71. The molecule has 1 saturated heterocycles. The predicted molar refractivity (Wildman–Crippen MR) is 137 cm³/mol. The SMILES string of the molecule is CC(C)(C)[C@H](NC(=O)C(F)(F)F)C(=O)N1C[C@H]2[C@@H]([C@H]1C(=O)N[C@@H](C[C@H]1Oc3ccncc3NC1=O)C(N)=O)C2(C)C. The second kappa shape index (κ2) is 10.2. The van der Waals surface area contributed by atoms with Crippen molar-refractivity contribution < 1.29 is 41.9 Å². The van der Waals surface area contributed by atoms with E-state index in [1.54, 1.807) is 5.32 Å². The van der Waals surface area contributed by atoms with Crippen LogP contribution in [-0.2, 0) is 24.0 Å². The van der Waals surface area contributed by atoms with E-state index in [0.717, 1.165) is 4.90 Å². The number of halogens is 3. The predicted octanol–water partition coefficient (Wildman–Crippen LogP) is 0.718. The molecule has 0 unspecified atom stereocenters. The molecule has 12 nitrogen and oxygen atoms in total. The van der Waals surface area contributed by atoms with Gasteiger partial charge in [-0.3, -0.25) is 29.0 Å². The number of pyridine rings is 1. The van der Waals surface area contributed by atoms with E-state index in [0.29, 0.717) is 11.4 Å². The highest BCUT2D eigenvalue weighted by atomic mass is 19.4. The number of amides is 5. The Bertz CT molecular complexity index is 1280. The van der Waals surface area contributed by atoms with Gasteiger partial charge in [-0.1, -0.05) is 34.6 Å². The molecule has 1 aromatic heterocycles. The minimum absolute atomic E-state index is 0.0727. The molecule has 1 aromatic rings. The molecule has 0 radical (unpaired) electrons. The molecule has 15 heteroatoms. The van der Waals surface area contributed by atoms with Crippen LogP contribution in [0, 0.1) is 22.7 Å². The molecular weight excluding hydrogens is 549 g/mol. The highest BCUT2D eigenvalue weighted by Gasteiger charge is 2.70. The molecule has 5 amide bonds. The Labute approximate surface area is 233 Å². The van der Waals surface area contributed by atoms with Gasteiger partial charge < -0.3 is 31.3 Å². The third kappa shape index (κ3) is 5.79. The molecule has 3 aliphatic rings. The second-order valence-electron chi connectivity index (χ2n) is 12.3. The van der Waals surface area contributed by atoms with Crippen molar-refractivity contribution in [2.75, 3.05) is 11.9 Å². The maximum absolute atomic E-state index is 13.6. The maximum atomic E-state index is 13.6. The van der Waals surface area contributed by atoms with Gasteiger partial charge in [-0.15, -0.1) is 0 Å². The number of hydrogen-bond acceptors (Lipinski definition) is 7. The average Bonchev–Trinajstić information content (AvgIpc) is 3.18. The van der Waals surface area contributed by atoms with Crippen LogP contribution in [0.25, 0.3) is 0 Å². The number of nitrogens with two attached hydrogens (primary N) is 1. The van der Waals surface area contributed by atoms with Crippen molar-refractivity contribution in [3.05, 3.63) is 18.5 Å². The van der Waals surface area contributed by atoms with Crippen LogP contribution in [0.5, 0.6) is 5.75 Å². The number of alkyl halides is 3. The Hall–Kier alpha value is -3.91. The van der Waals surface area contributed by atoms with E-state index in [-0.39, 0.29) is 30.2 Å². The van der Waals surface area contributed by atoms with Crippen molar-refractivity contribution in [3.63, 3.8) is 0 Å². The molecule has 4 rings (SSSR count). The van der Waals surface area contributed by atoms with Gasteiger partial charge in [-0.25, -0.2) is 0 Å². The van der Waals surface area contributed by atoms with Crippen LogP contribution in [0.2, 0.25) is 0 Å². The summed E-state index contributed by atoms with van der Waals surface area (Å²) in [5, 5.41) is 6.91. The topological polar surface area (TPSA) is 173 Å². The normalized spacial score (nSPS) is 26.0. The molecule has 41 heavy (non-hydrogen) atoms. The number of carbonyl (C=O) groups excluding carboxylic acids is 5. The van der Waals surface area contributed by atoms with E-state index in [9.17, 15) is 37.1 Å². The van der Waals surface area contributed by atoms with Crippen molar-refractivity contribution >= 4 is 35.2 Å². The van der Waals surface area contributed by atoms with Crippen molar-refractivity contribution in [3.8, 4) is 5.75 Å². The average molecular weight is 583 g/mol. The lowest BCUT2D eigenvalue weighted by atomic mass is 9.85. The summed E-state index contributed by atoms with van der Waals surface area (Å²) >= 11 is 0. The van der Waals surface area contributed by atoms with E-state index in [4.69, 9.17) is 10.5 Å². The minimum Gasteiger partial charge on any atom is -0.478 e. The quantitative estimate of drug-likeness (QED) is 0.367. The summed E-state index contributed by atoms with van der Waals surface area (Å²) in [6.45, 7) is 8.35. The summed E-state index contributed by atoms with van der Waals surface area (Å²) in [4.78, 5) is 69.0. The second-order valence-corrected chi connectivity index (χ2v) is 12.3. The fraction of sp³-hybridized carbons (Fsp3) is 0.615. The van der Waals surface area contributed by atoms with Crippen molar-refractivity contribution in [2.24, 2.45) is 28.4 Å². The number of nitrogens with one attached hydrogen (secondary N) is 3. The molecular formula is C26H33F3N6O6. The lowest BCUT2D eigenvalue weighted by Gasteiger charge is -2.38. The summed E-state index contributed by atoms with van der Waals surface area (Å²) < 4.78 is 44.8. The Kier molecular flexibility index (Phi) is 7.46. The molecule has 0 spiro atoms. The zero-order valence-electron chi connectivity index (χ0n) is 23.2. The highest BCUT2D eigenvalue weighted by Crippen LogP contribution is 2.65. The van der Waals surface area contributed by atoms with Gasteiger partial charge in [0.25, 0.3) is 5.91 Å². The summed E-state index contributed by atoms with van der Waals surface area (Å²) in [7, 11) is 0. The monoisotopic (exact) mass is 582 g/mol. The van der Waals surface area contributed by atoms with Crippen LogP contribution in [0.3, 0.4) is 0 Å². The molecule has 2 fully saturated rings. The van der Waals surface area contributed by atoms with E-state index >= 15 is 0 Å². The van der Waals surface area contributed by atoms with E-state index < -0.39 is 65.4 Å². The number of carbonyl (C=O) groups is 5. The van der Waals surface area contributed by atoms with Gasteiger partial charge in [-0.05, 0) is 22.7 Å². The number of likely N-dealkylation sites (tertiary alicyclic amines) is 1. The lowest BCUT2D eigenvalue weighted by Crippen LogP contribution is -2.61. The van der Waals surface area contributed by atoms with Gasteiger partial charge in [0.05, 0.1) is 6.20 Å². The number of anilines is 1. The van der Waals surface area contributed by atoms with Crippen LogP contribution in [-0.4, -0.2) is 76.4 Å². The van der Waals surface area contributed by atoms with Crippen LogP contribution in [0.15, 0.2) is 18.5 Å². The molecule has 1 aliphatic carbocycles. The highest BCUT2D eigenvalue weighted by molar-refractivity contribution is 5.99. The van der Waals surface area contributed by atoms with E-state index in [2.05, 4.69) is 15.6 Å². The molecule has 1 saturated carbocycles. The van der Waals surface area contributed by atoms with Gasteiger partial charge in [0, 0.05) is 25.2 Å². The van der Waals surface area contributed by atoms with Crippen LogP contribution in [0.4, 0.5) is 18.9 Å². The summed E-state index contributed by atoms with van der Waals surface area (Å²) in [5.74, 6) is -5.59. The Morgan fingerprint density at radius 1 is 1.22 bits per heavy atom. The number of primary amides is 1. The summed E-state index contributed by atoms with van der Waals surface area (Å²) in [5.41, 5.74) is 4.39. The molecule has 0 bridgehead atoms. The number of hydrogen-bond donors (Lipinski definition) is 4. The third-order valence-electron chi connectivity index (χ3n) is 8.12. The zero-order valence-corrected chi connectivity index (χ0v) is 23.2. The van der Waals surface area contributed by atoms with Crippen LogP contribution >= 0.6 is 0 Å². The first-order valence-corrected chi connectivity index (χ1v) is 13.0. The molecule has 3 heterocycles. The van der Waals surface area contributed by atoms with Gasteiger partial charge in [0.15, 0.2) is 6.10 Å². The molecule has 2 aliphatic heterocycles. The first-order valence-electron chi connectivity index (χ1n) is 13.0. The van der Waals surface area contributed by atoms with E-state index in [1.165, 1.54) is 39.2 Å². The first-order chi connectivity index (χ1) is 18.8. The first kappa shape index (κ1) is 30.1. The minimum atomic E-state index is -5.21. The third-order valence-corrected chi connectivity index (χ3v) is 8.12. The van der Waals surface area contributed by atoms with Crippen LogP contribution in [0.1, 0.15) is 41.0 Å². The lowest BCUT2D eigenvalue weighted by molar-refractivity contribution is -0.176. The Morgan fingerprint density at radius 3 is 2.46 bits per heavy atom. The zero-order chi connectivity index (χ0) is 30.7. The number of aromatic nitrogens is 1. The Balaban J connectivity index is 1.54. The summed E-state index contributed by atoms with van der Waals surface area (Å²) in [6.07, 6.45) is -3.88. The number of piperidine rings is 1. The summed E-state index contributed by atoms with van der Waals surface area (Å²) in [6, 6.07) is -2.60. The standard InChI is InChI=1S/C26H33F3N6O6/c1-24(2,3)18(34-23(40)26(27,28)29)22(39)35-10-11-16(25(11,4)5)17(35)21(38)32-12(19(30)36)8-15-20(37)33-13-9-31-7-6-14(13)41-15/h6-7,9,11-12,15-18H,8,10H2,1-5H3,(H2,30,36)(H,32,38)(H,33,37)(H,34,40)/t11-,12-,15+,16-,17-,18+/m0/s1. The number of nitrogens with zero attached hydrogens (tertiary/aromatic N) is 2. The largest absolute Gasteiger partial charge is 0.478 e. The molecule has 0 aromatic carbocycles. The van der Waals surface area contributed by atoms with E-state index in [1.807, 2.05) is 13.8 Å². The van der Waals surface area contributed by atoms with Gasteiger partial charge in [0.1, 0.15) is 29.6 Å². The maximum Gasteiger partial charge on any atom is 0.471 e. The number of ether oxygens (including phenoxy) is 1. The number of fused-ring (bicyclic) bond motifs is 2. The molecule has 5 N–H and O–H groups in total. The van der Waals surface area contributed by atoms with Gasteiger partial charge in [0.2, 0.25) is 17.7 Å². The molecule has 224 valence electrons. The number of rotatable bonds is 7. The van der Waals surface area contributed by atoms with Crippen molar-refractivity contribution in [2.45, 2.75) is 71.4 Å². The van der Waals surface area contributed by atoms with Crippen molar-refractivity contribution in [1.29, 1.82) is 0 Å². The Morgan fingerprint density at radius 2 is 1.88 bits per heavy atom. The van der Waals surface area contributed by atoms with Gasteiger partial charge >= 0.3 is 12.1 Å². The van der Waals surface area contributed by atoms with Crippen LogP contribution < -0.4 is 26.4 Å².